The number of carbonyl (C=O) groups is 5. The maximum Gasteiger partial charge on any atom is 0.328 e. The molecule has 12 nitrogen and oxygen atoms in total. The quantitative estimate of drug-likeness (QED) is 0.140. The molecule has 0 bridgehead atoms. The first-order valence-corrected chi connectivity index (χ1v) is 8.77. The minimum Gasteiger partial charge on any atom is -0.481 e. The van der Waals surface area contributed by atoms with Gasteiger partial charge in [-0.2, -0.15) is 25.3 Å². The van der Waals surface area contributed by atoms with Crippen molar-refractivity contribution in [3.63, 3.8) is 0 Å². The lowest BCUT2D eigenvalue weighted by molar-refractivity contribution is -0.144. The molecule has 8 N–H and O–H groups in total. The molecule has 4 unspecified atom stereocenters. The highest BCUT2D eigenvalue weighted by molar-refractivity contribution is 7.80. The summed E-state index contributed by atoms with van der Waals surface area (Å²) in [4.78, 5) is 57.8. The molecule has 0 aliphatic carbocycles. The lowest BCUT2D eigenvalue weighted by Crippen LogP contribution is -2.58. The molecular weight excluding hydrogens is 404 g/mol. The molecule has 0 aromatic carbocycles. The van der Waals surface area contributed by atoms with Crippen LogP contribution in [-0.2, 0) is 24.0 Å². The number of rotatable bonds is 12. The second-order valence-electron chi connectivity index (χ2n) is 5.27. The number of amides is 3. The minimum absolute atomic E-state index is 0.00846. The van der Waals surface area contributed by atoms with E-state index in [1.165, 1.54) is 0 Å². The number of carboxylic acid groups (broad SMARTS) is 2. The van der Waals surface area contributed by atoms with Gasteiger partial charge in [0.25, 0.3) is 0 Å². The molecule has 14 heteroatoms. The van der Waals surface area contributed by atoms with Crippen LogP contribution in [0, 0.1) is 0 Å². The van der Waals surface area contributed by atoms with Crippen LogP contribution in [0.3, 0.4) is 0 Å². The molecule has 0 aliphatic rings. The zero-order valence-corrected chi connectivity index (χ0v) is 15.8. The largest absolute Gasteiger partial charge is 0.481 e. The summed E-state index contributed by atoms with van der Waals surface area (Å²) in [6.45, 7) is -0.939. The van der Waals surface area contributed by atoms with Crippen LogP contribution in [0.25, 0.3) is 0 Å². The zero-order valence-electron chi connectivity index (χ0n) is 14.0. The Morgan fingerprint density at radius 1 is 0.815 bits per heavy atom. The molecule has 4 atom stereocenters. The fraction of sp³-hybridized carbons (Fsp3) is 0.615. The average Bonchev–Trinajstić information content (AvgIpc) is 2.61. The summed E-state index contributed by atoms with van der Waals surface area (Å²) in [6.07, 6.45) is -0.862. The number of aliphatic hydroxyl groups is 1. The van der Waals surface area contributed by atoms with E-state index in [0.29, 0.717) is 0 Å². The maximum absolute atomic E-state index is 12.2. The second-order valence-corrected chi connectivity index (χ2v) is 6.00. The highest BCUT2D eigenvalue weighted by atomic mass is 32.1. The standard InChI is InChI=1S/C13H22N4O8S2/c14-5(3-26)10(21)17-8(4-27)12(23)15-6(1-9(19)20)11(22)16-7(2-18)13(24)25/h5-8,18,26-27H,1-4,14H2,(H,15,23)(H,16,22)(H,17,21)(H,19,20)(H,24,25). The zero-order chi connectivity index (χ0) is 21.1. The van der Waals surface area contributed by atoms with E-state index in [4.69, 9.17) is 21.1 Å². The number of nitrogens with one attached hydrogen (secondary N) is 3. The van der Waals surface area contributed by atoms with E-state index >= 15 is 0 Å². The van der Waals surface area contributed by atoms with Crippen molar-refractivity contribution in [2.75, 3.05) is 18.1 Å². The molecule has 154 valence electrons. The summed E-state index contributed by atoms with van der Waals surface area (Å²) >= 11 is 7.75. The third-order valence-electron chi connectivity index (χ3n) is 3.16. The van der Waals surface area contributed by atoms with E-state index < -0.39 is 66.9 Å². The van der Waals surface area contributed by atoms with Gasteiger partial charge in [0.1, 0.15) is 18.1 Å². The van der Waals surface area contributed by atoms with Crippen molar-refractivity contribution >= 4 is 54.9 Å². The monoisotopic (exact) mass is 426 g/mol. The van der Waals surface area contributed by atoms with Gasteiger partial charge in [0.2, 0.25) is 17.7 Å². The van der Waals surface area contributed by atoms with E-state index in [1.54, 1.807) is 0 Å². The Bertz CT molecular complexity index is 577. The molecule has 0 spiro atoms. The summed E-state index contributed by atoms with van der Waals surface area (Å²) in [7, 11) is 0. The van der Waals surface area contributed by atoms with Crippen LogP contribution in [0.4, 0.5) is 0 Å². The van der Waals surface area contributed by atoms with E-state index in [2.05, 4.69) is 35.9 Å². The van der Waals surface area contributed by atoms with Crippen molar-refractivity contribution in [3.05, 3.63) is 0 Å². The van der Waals surface area contributed by atoms with Crippen LogP contribution >= 0.6 is 25.3 Å². The fourth-order valence-electron chi connectivity index (χ4n) is 1.67. The molecular formula is C13H22N4O8S2. The SMILES string of the molecule is NC(CS)C(=O)NC(CS)C(=O)NC(CC(=O)O)C(=O)NC(CO)C(=O)O. The number of aliphatic carboxylic acids is 2. The van der Waals surface area contributed by atoms with Gasteiger partial charge in [-0.3, -0.25) is 19.2 Å². The van der Waals surface area contributed by atoms with Gasteiger partial charge in [-0.1, -0.05) is 0 Å². The minimum atomic E-state index is -1.68. The lowest BCUT2D eigenvalue weighted by atomic mass is 10.1. The maximum atomic E-state index is 12.2. The van der Waals surface area contributed by atoms with Crippen molar-refractivity contribution in [1.82, 2.24) is 16.0 Å². The highest BCUT2D eigenvalue weighted by Crippen LogP contribution is 1.99. The van der Waals surface area contributed by atoms with Crippen molar-refractivity contribution in [2.24, 2.45) is 5.73 Å². The lowest BCUT2D eigenvalue weighted by Gasteiger charge is -2.23. The van der Waals surface area contributed by atoms with E-state index in [-0.39, 0.29) is 11.5 Å². The van der Waals surface area contributed by atoms with Crippen LogP contribution in [0.2, 0.25) is 0 Å². The molecule has 0 heterocycles. The van der Waals surface area contributed by atoms with E-state index in [9.17, 15) is 24.0 Å². The molecule has 0 aromatic rings. The molecule has 0 aromatic heterocycles. The second kappa shape index (κ2) is 12.4. The van der Waals surface area contributed by atoms with Gasteiger partial charge in [0, 0.05) is 11.5 Å². The van der Waals surface area contributed by atoms with Crippen LogP contribution < -0.4 is 21.7 Å². The van der Waals surface area contributed by atoms with Crippen LogP contribution in [0.1, 0.15) is 6.42 Å². The predicted octanol–water partition coefficient (Wildman–Crippen LogP) is -3.82. The van der Waals surface area contributed by atoms with Gasteiger partial charge in [-0.25, -0.2) is 4.79 Å². The molecule has 0 fully saturated rings. The van der Waals surface area contributed by atoms with Gasteiger partial charge in [0.15, 0.2) is 0 Å². The van der Waals surface area contributed by atoms with E-state index in [0.717, 1.165) is 0 Å². The first-order chi connectivity index (χ1) is 12.6. The van der Waals surface area contributed by atoms with Crippen molar-refractivity contribution in [1.29, 1.82) is 0 Å². The summed E-state index contributed by atoms with van der Waals surface area (Å²) in [5.41, 5.74) is 5.47. The van der Waals surface area contributed by atoms with Gasteiger partial charge < -0.3 is 37.0 Å². The summed E-state index contributed by atoms with van der Waals surface area (Å²) in [5, 5.41) is 32.9. The third kappa shape index (κ3) is 8.94. The number of hydrogen-bond donors (Lipinski definition) is 9. The smallest absolute Gasteiger partial charge is 0.328 e. The molecule has 27 heavy (non-hydrogen) atoms. The highest BCUT2D eigenvalue weighted by Gasteiger charge is 2.30. The topological polar surface area (TPSA) is 208 Å². The average molecular weight is 426 g/mol. The number of thiol groups is 2. The molecule has 3 amide bonds. The van der Waals surface area contributed by atoms with Gasteiger partial charge in [-0.05, 0) is 0 Å². The Labute approximate surface area is 165 Å². The van der Waals surface area contributed by atoms with Gasteiger partial charge in [0.05, 0.1) is 19.1 Å². The number of carboxylic acids is 2. The Morgan fingerprint density at radius 2 is 1.30 bits per heavy atom. The van der Waals surface area contributed by atoms with Crippen LogP contribution in [0.15, 0.2) is 0 Å². The Kier molecular flexibility index (Phi) is 11.4. The predicted molar refractivity (Wildman–Crippen MR) is 98.4 cm³/mol. The van der Waals surface area contributed by atoms with Crippen molar-refractivity contribution < 1.29 is 39.3 Å². The summed E-state index contributed by atoms with van der Waals surface area (Å²) < 4.78 is 0. The first-order valence-electron chi connectivity index (χ1n) is 7.51. The number of carbonyl (C=O) groups excluding carboxylic acids is 3. The molecule has 0 radical (unpaired) electrons. The van der Waals surface area contributed by atoms with Gasteiger partial charge >= 0.3 is 11.9 Å². The third-order valence-corrected chi connectivity index (χ3v) is 3.92. The Hall–Kier alpha value is -2.03. The Balaban J connectivity index is 5.16. The van der Waals surface area contributed by atoms with Crippen LogP contribution in [0.5, 0.6) is 0 Å². The number of aliphatic hydroxyl groups excluding tert-OH is 1. The fourth-order valence-corrected chi connectivity index (χ4v) is 2.09. The van der Waals surface area contributed by atoms with Crippen LogP contribution in [-0.4, -0.2) is 87.3 Å². The van der Waals surface area contributed by atoms with Crippen molar-refractivity contribution in [2.45, 2.75) is 30.6 Å². The molecule has 0 saturated heterocycles. The summed E-state index contributed by atoms with van der Waals surface area (Å²) in [6, 6.07) is -5.56. The molecule has 0 aliphatic heterocycles. The van der Waals surface area contributed by atoms with Gasteiger partial charge in [-0.15, -0.1) is 0 Å². The number of hydrogen-bond acceptors (Lipinski definition) is 9. The Morgan fingerprint density at radius 3 is 1.70 bits per heavy atom. The first kappa shape index (κ1) is 25.0. The van der Waals surface area contributed by atoms with Crippen molar-refractivity contribution in [3.8, 4) is 0 Å². The molecule has 0 rings (SSSR count). The normalized spacial score (nSPS) is 15.0. The number of nitrogens with two attached hydrogens (primary N) is 1. The summed E-state index contributed by atoms with van der Waals surface area (Å²) in [5.74, 6) is -5.95. The van der Waals surface area contributed by atoms with E-state index in [1.807, 2.05) is 5.32 Å². The molecule has 0 saturated carbocycles.